The molecule has 37 heavy (non-hydrogen) atoms. The zero-order chi connectivity index (χ0) is 27.1. The Labute approximate surface area is 237 Å². The number of ether oxygens (including phenoxy) is 2. The van der Waals surface area contributed by atoms with E-state index in [-0.39, 0.29) is 9.81 Å². The largest absolute Gasteiger partial charge is 0.465 e. The molecular weight excluding hydrogens is 575 g/mol. The van der Waals surface area contributed by atoms with E-state index in [1.165, 1.54) is 14.2 Å². The van der Waals surface area contributed by atoms with Crippen molar-refractivity contribution in [3.05, 3.63) is 72.1 Å². The molecule has 0 unspecified atom stereocenters. The topological polar surface area (TPSA) is 84.9 Å². The molecule has 0 bridgehead atoms. The first-order valence-electron chi connectivity index (χ1n) is 10.7. The highest BCUT2D eigenvalue weighted by molar-refractivity contribution is 8.29. The van der Waals surface area contributed by atoms with Gasteiger partial charge >= 0.3 is 18.0 Å². The van der Waals surface area contributed by atoms with Crippen LogP contribution in [0.5, 0.6) is 0 Å². The minimum absolute atomic E-state index is 0.125. The number of carbonyl (C=O) groups is 3. The molecule has 0 saturated carbocycles. The van der Waals surface area contributed by atoms with E-state index in [2.05, 4.69) is 5.32 Å². The Bertz CT molecular complexity index is 1390. The first kappa shape index (κ1) is 27.5. The van der Waals surface area contributed by atoms with Crippen LogP contribution in [0.25, 0.3) is 5.57 Å². The molecule has 12 heteroatoms. The molecule has 0 radical (unpaired) electrons. The lowest BCUT2D eigenvalue weighted by molar-refractivity contribution is -0.138. The average Bonchev–Trinajstić information content (AvgIpc) is 3.31. The smallest absolute Gasteiger partial charge is 0.346 e. The summed E-state index contributed by atoms with van der Waals surface area (Å²) < 4.78 is 10.4. The highest BCUT2D eigenvalue weighted by Crippen LogP contribution is 2.56. The lowest BCUT2D eigenvalue weighted by atomic mass is 9.83. The van der Waals surface area contributed by atoms with Crippen molar-refractivity contribution in [1.29, 1.82) is 0 Å². The van der Waals surface area contributed by atoms with Crippen LogP contribution in [0.4, 0.5) is 16.2 Å². The maximum Gasteiger partial charge on any atom is 0.346 e. The first-order chi connectivity index (χ1) is 17.5. The van der Waals surface area contributed by atoms with Gasteiger partial charge in [-0.15, -0.1) is 0 Å². The molecule has 2 aliphatic rings. The number of anilines is 2. The summed E-state index contributed by atoms with van der Waals surface area (Å²) in [5.41, 5.74) is 1.45. The summed E-state index contributed by atoms with van der Waals surface area (Å²) in [6, 6.07) is 11.7. The van der Waals surface area contributed by atoms with Gasteiger partial charge in [-0.25, -0.2) is 14.4 Å². The number of hydrogen-bond donors (Lipinski definition) is 1. The van der Waals surface area contributed by atoms with Gasteiger partial charge in [0.2, 0.25) is 0 Å². The first-order valence-corrected chi connectivity index (χ1v) is 13.5. The Balaban J connectivity index is 1.80. The average molecular weight is 596 g/mol. The van der Waals surface area contributed by atoms with Crippen molar-refractivity contribution in [2.75, 3.05) is 24.4 Å². The zero-order valence-electron chi connectivity index (χ0n) is 20.0. The van der Waals surface area contributed by atoms with E-state index in [9.17, 15) is 14.4 Å². The molecule has 0 fully saturated rings. The fraction of sp³-hybridized carbons (Fsp3) is 0.200. The summed E-state index contributed by atoms with van der Waals surface area (Å²) in [7, 11) is 2.49. The van der Waals surface area contributed by atoms with Gasteiger partial charge in [0.15, 0.2) is 0 Å². The molecular formula is C25H20Cl2N2O5S3. The molecule has 0 atom stereocenters. The number of methoxy groups -OCH3 is 2. The van der Waals surface area contributed by atoms with Crippen molar-refractivity contribution in [2.45, 2.75) is 19.4 Å². The third-order valence-electron chi connectivity index (χ3n) is 5.67. The molecule has 1 N–H and O–H groups in total. The normalized spacial score (nSPS) is 16.5. The molecule has 2 aromatic carbocycles. The van der Waals surface area contributed by atoms with Crippen molar-refractivity contribution >= 4 is 98.7 Å². The Kier molecular flexibility index (Phi) is 7.96. The monoisotopic (exact) mass is 594 g/mol. The van der Waals surface area contributed by atoms with Crippen LogP contribution in [-0.2, 0) is 19.1 Å². The Morgan fingerprint density at radius 2 is 1.54 bits per heavy atom. The summed E-state index contributed by atoms with van der Waals surface area (Å²) in [4.78, 5) is 40.8. The van der Waals surface area contributed by atoms with Crippen LogP contribution >= 0.6 is 58.9 Å². The fourth-order valence-electron chi connectivity index (χ4n) is 3.89. The van der Waals surface area contributed by atoms with E-state index in [1.807, 2.05) is 38.1 Å². The van der Waals surface area contributed by atoms with Crippen molar-refractivity contribution in [3.8, 4) is 0 Å². The number of nitrogens with zero attached hydrogens (tertiary/aromatic N) is 1. The van der Waals surface area contributed by atoms with Gasteiger partial charge in [0.05, 0.1) is 44.6 Å². The Hall–Kier alpha value is -2.50. The Morgan fingerprint density at radius 1 is 0.946 bits per heavy atom. The molecule has 2 heterocycles. The van der Waals surface area contributed by atoms with Crippen molar-refractivity contribution in [2.24, 2.45) is 0 Å². The quantitative estimate of drug-likeness (QED) is 0.233. The van der Waals surface area contributed by atoms with Gasteiger partial charge in [-0.2, -0.15) is 0 Å². The number of hydrogen-bond acceptors (Lipinski definition) is 8. The summed E-state index contributed by atoms with van der Waals surface area (Å²) in [6.45, 7) is 3.67. The number of para-hydroxylation sites is 1. The molecule has 2 amide bonds. The van der Waals surface area contributed by atoms with Crippen LogP contribution in [0.3, 0.4) is 0 Å². The van der Waals surface area contributed by atoms with Crippen LogP contribution in [-0.4, -0.2) is 42.6 Å². The van der Waals surface area contributed by atoms with Gasteiger partial charge < -0.3 is 14.8 Å². The number of urea groups is 1. The van der Waals surface area contributed by atoms with Crippen LogP contribution in [0.1, 0.15) is 19.4 Å². The molecule has 0 aliphatic carbocycles. The Morgan fingerprint density at radius 3 is 2.11 bits per heavy atom. The fourth-order valence-corrected chi connectivity index (χ4v) is 7.22. The number of carbonyl (C=O) groups excluding carboxylic acids is 3. The van der Waals surface area contributed by atoms with Gasteiger partial charge in [0.1, 0.15) is 9.81 Å². The second kappa shape index (κ2) is 10.7. The van der Waals surface area contributed by atoms with Gasteiger partial charge in [0, 0.05) is 16.8 Å². The zero-order valence-corrected chi connectivity index (χ0v) is 24.0. The number of thiocarbonyl (C=S) groups is 1. The minimum atomic E-state index is -0.965. The molecule has 0 spiro atoms. The summed E-state index contributed by atoms with van der Waals surface area (Å²) in [5.74, 6) is -1.30. The number of benzene rings is 2. The predicted octanol–water partition coefficient (Wildman–Crippen LogP) is 6.90. The number of rotatable bonds is 3. The molecule has 0 saturated heterocycles. The van der Waals surface area contributed by atoms with Crippen molar-refractivity contribution < 1.29 is 23.9 Å². The number of esters is 2. The predicted molar refractivity (Wildman–Crippen MR) is 154 cm³/mol. The van der Waals surface area contributed by atoms with Crippen molar-refractivity contribution in [3.63, 3.8) is 0 Å². The number of fused-ring (bicyclic) bond motifs is 1. The maximum absolute atomic E-state index is 13.6. The van der Waals surface area contributed by atoms with Gasteiger partial charge in [0.25, 0.3) is 0 Å². The highest BCUT2D eigenvalue weighted by atomic mass is 35.5. The molecule has 7 nitrogen and oxygen atoms in total. The molecule has 2 aliphatic heterocycles. The van der Waals surface area contributed by atoms with Crippen LogP contribution in [0, 0.1) is 0 Å². The molecule has 4 rings (SSSR count). The number of nitrogens with one attached hydrogen (secondary N) is 1. The standard InChI is InChI=1S/C25H20Cl2N2O5S3/c1-25(2)20(35)17(23-36-18(21(30)33-3)19(37-23)22(31)34-4)13-7-5-6-8-16(13)29(25)24(32)28-12-9-10-14(26)15(27)11-12/h5-11H,1-4H3,(H,28,32). The van der Waals surface area contributed by atoms with E-state index < -0.39 is 23.5 Å². The number of amides is 2. The van der Waals surface area contributed by atoms with E-state index in [0.29, 0.717) is 41.7 Å². The van der Waals surface area contributed by atoms with E-state index in [0.717, 1.165) is 23.5 Å². The van der Waals surface area contributed by atoms with Gasteiger partial charge in [-0.1, -0.05) is 77.1 Å². The molecule has 0 aromatic heterocycles. The van der Waals surface area contributed by atoms with Crippen molar-refractivity contribution in [1.82, 2.24) is 0 Å². The van der Waals surface area contributed by atoms with E-state index in [4.69, 9.17) is 44.9 Å². The second-order valence-corrected chi connectivity index (χ2v) is 11.8. The van der Waals surface area contributed by atoms with Crippen LogP contribution < -0.4 is 10.2 Å². The highest BCUT2D eigenvalue weighted by Gasteiger charge is 2.46. The summed E-state index contributed by atoms with van der Waals surface area (Å²) in [5, 5.41) is 3.55. The van der Waals surface area contributed by atoms with Gasteiger partial charge in [-0.3, -0.25) is 4.90 Å². The van der Waals surface area contributed by atoms with E-state index in [1.54, 1.807) is 23.1 Å². The third kappa shape index (κ3) is 5.00. The maximum atomic E-state index is 13.6. The van der Waals surface area contributed by atoms with E-state index >= 15 is 0 Å². The number of thioether (sulfide) groups is 2. The van der Waals surface area contributed by atoms with Crippen LogP contribution in [0.15, 0.2) is 56.5 Å². The third-order valence-corrected chi connectivity index (χ3v) is 9.67. The molecule has 192 valence electrons. The molecule has 2 aromatic rings. The second-order valence-electron chi connectivity index (χ2n) is 8.31. The SMILES string of the molecule is COC(=O)C1=C(C(=O)OC)SC(=C2C(=S)C(C)(C)N(C(=O)Nc3ccc(Cl)c(Cl)c3)c3ccccc32)S1. The number of halogens is 2. The van der Waals surface area contributed by atoms with Gasteiger partial charge in [-0.05, 0) is 38.1 Å². The van der Waals surface area contributed by atoms with Crippen LogP contribution in [0.2, 0.25) is 10.0 Å². The lowest BCUT2D eigenvalue weighted by Crippen LogP contribution is -2.57. The summed E-state index contributed by atoms with van der Waals surface area (Å²) in [6.07, 6.45) is 0. The lowest BCUT2D eigenvalue weighted by Gasteiger charge is -2.45. The minimum Gasteiger partial charge on any atom is -0.465 e. The summed E-state index contributed by atoms with van der Waals surface area (Å²) >= 11 is 20.3.